The van der Waals surface area contributed by atoms with E-state index in [-0.39, 0.29) is 5.97 Å². The Bertz CT molecular complexity index is 473. The highest BCUT2D eigenvalue weighted by Gasteiger charge is 2.27. The van der Waals surface area contributed by atoms with Crippen molar-refractivity contribution in [3.63, 3.8) is 0 Å². The molecule has 2 N–H and O–H groups in total. The Morgan fingerprint density at radius 1 is 1.47 bits per heavy atom. The molecular weight excluding hydrogens is 240 g/mol. The molecule has 1 fully saturated rings. The van der Waals surface area contributed by atoms with Gasteiger partial charge < -0.3 is 15.4 Å². The summed E-state index contributed by atoms with van der Waals surface area (Å²) < 4.78 is 5.04. The maximum absolute atomic E-state index is 11.8. The highest BCUT2D eigenvalue weighted by molar-refractivity contribution is 5.92. The van der Waals surface area contributed by atoms with E-state index >= 15 is 0 Å². The number of nitrogens with two attached hydrogens (primary N) is 1. The van der Waals surface area contributed by atoms with Crippen molar-refractivity contribution in [1.82, 2.24) is 0 Å². The number of rotatable bonds is 3. The van der Waals surface area contributed by atoms with Gasteiger partial charge in [-0.05, 0) is 44.4 Å². The van der Waals surface area contributed by atoms with Gasteiger partial charge in [-0.25, -0.2) is 4.79 Å². The first kappa shape index (κ1) is 13.7. The summed E-state index contributed by atoms with van der Waals surface area (Å²) in [5, 5.41) is 0. The molecule has 1 aromatic carbocycles. The second-order valence-corrected chi connectivity index (χ2v) is 5.34. The van der Waals surface area contributed by atoms with Crippen LogP contribution in [0.4, 0.5) is 11.4 Å². The Morgan fingerprint density at radius 2 is 2.21 bits per heavy atom. The third-order valence-electron chi connectivity index (χ3n) is 3.63. The SMILES string of the molecule is CCOC(=O)c1ccc(N)c(N2CC(C)CC2C)c1. The Kier molecular flexibility index (Phi) is 3.98. The van der Waals surface area contributed by atoms with Crippen LogP contribution in [0.25, 0.3) is 0 Å². The molecule has 0 amide bonds. The van der Waals surface area contributed by atoms with Crippen molar-refractivity contribution >= 4 is 17.3 Å². The van der Waals surface area contributed by atoms with Gasteiger partial charge in [0.2, 0.25) is 0 Å². The summed E-state index contributed by atoms with van der Waals surface area (Å²) in [5.74, 6) is 0.365. The predicted octanol–water partition coefficient (Wildman–Crippen LogP) is 2.68. The van der Waals surface area contributed by atoms with Gasteiger partial charge in [0.25, 0.3) is 0 Å². The molecule has 1 heterocycles. The van der Waals surface area contributed by atoms with Gasteiger partial charge in [-0.15, -0.1) is 0 Å². The third kappa shape index (κ3) is 2.83. The summed E-state index contributed by atoms with van der Waals surface area (Å²) in [6, 6.07) is 5.81. The van der Waals surface area contributed by atoms with Gasteiger partial charge in [-0.2, -0.15) is 0 Å². The van der Waals surface area contributed by atoms with Crippen LogP contribution in [0.15, 0.2) is 18.2 Å². The normalized spacial score (nSPS) is 22.6. The first-order valence-electron chi connectivity index (χ1n) is 6.86. The predicted molar refractivity (Wildman–Crippen MR) is 77.4 cm³/mol. The Balaban J connectivity index is 2.29. The van der Waals surface area contributed by atoms with E-state index in [4.69, 9.17) is 10.5 Å². The molecule has 4 nitrogen and oxygen atoms in total. The van der Waals surface area contributed by atoms with Crippen LogP contribution in [0.3, 0.4) is 0 Å². The highest BCUT2D eigenvalue weighted by Crippen LogP contribution is 2.33. The van der Waals surface area contributed by atoms with Crippen LogP contribution in [0.1, 0.15) is 37.6 Å². The summed E-state index contributed by atoms with van der Waals surface area (Å²) in [7, 11) is 0. The smallest absolute Gasteiger partial charge is 0.338 e. The number of hydrogen-bond acceptors (Lipinski definition) is 4. The van der Waals surface area contributed by atoms with Gasteiger partial charge in [0, 0.05) is 12.6 Å². The van der Waals surface area contributed by atoms with Gasteiger partial charge in [0.15, 0.2) is 0 Å². The lowest BCUT2D eigenvalue weighted by atomic mass is 10.1. The number of carbonyl (C=O) groups is 1. The van der Waals surface area contributed by atoms with E-state index in [9.17, 15) is 4.79 Å². The van der Waals surface area contributed by atoms with Crippen molar-refractivity contribution in [3.05, 3.63) is 23.8 Å². The molecule has 4 heteroatoms. The van der Waals surface area contributed by atoms with Crippen molar-refractivity contribution in [3.8, 4) is 0 Å². The molecule has 1 aromatic rings. The lowest BCUT2D eigenvalue weighted by molar-refractivity contribution is 0.0526. The molecule has 0 bridgehead atoms. The van der Waals surface area contributed by atoms with E-state index in [1.165, 1.54) is 0 Å². The Morgan fingerprint density at radius 3 is 2.79 bits per heavy atom. The molecule has 0 aromatic heterocycles. The van der Waals surface area contributed by atoms with E-state index in [1.54, 1.807) is 19.1 Å². The minimum Gasteiger partial charge on any atom is -0.462 e. The van der Waals surface area contributed by atoms with E-state index in [1.807, 2.05) is 6.07 Å². The maximum atomic E-state index is 11.8. The van der Waals surface area contributed by atoms with Crippen LogP contribution in [-0.2, 0) is 4.74 Å². The zero-order valence-electron chi connectivity index (χ0n) is 11.8. The van der Waals surface area contributed by atoms with Crippen molar-refractivity contribution in [2.75, 3.05) is 23.8 Å². The summed E-state index contributed by atoms with van der Waals surface area (Å²) in [6.07, 6.45) is 1.16. The van der Waals surface area contributed by atoms with Crippen LogP contribution >= 0.6 is 0 Å². The number of hydrogen-bond donors (Lipinski definition) is 1. The fourth-order valence-corrected chi connectivity index (χ4v) is 2.77. The summed E-state index contributed by atoms with van der Waals surface area (Å²) in [4.78, 5) is 14.1. The number of nitrogen functional groups attached to an aromatic ring is 1. The van der Waals surface area contributed by atoms with Crippen LogP contribution in [0.5, 0.6) is 0 Å². The van der Waals surface area contributed by atoms with E-state index < -0.39 is 0 Å². The first-order chi connectivity index (χ1) is 9.02. The average molecular weight is 262 g/mol. The molecular formula is C15H22N2O2. The fraction of sp³-hybridized carbons (Fsp3) is 0.533. The van der Waals surface area contributed by atoms with Crippen LogP contribution in [-0.4, -0.2) is 25.2 Å². The molecule has 0 spiro atoms. The molecule has 1 aliphatic heterocycles. The topological polar surface area (TPSA) is 55.6 Å². The fourth-order valence-electron chi connectivity index (χ4n) is 2.77. The van der Waals surface area contributed by atoms with Crippen molar-refractivity contribution in [2.45, 2.75) is 33.2 Å². The number of ether oxygens (including phenoxy) is 1. The summed E-state index contributed by atoms with van der Waals surface area (Å²) >= 11 is 0. The standard InChI is InChI=1S/C15H22N2O2/c1-4-19-15(18)12-5-6-13(16)14(8-12)17-9-10(2)7-11(17)3/h5-6,8,10-11H,4,7,9,16H2,1-3H3. The van der Waals surface area contributed by atoms with Gasteiger partial charge in [0.05, 0.1) is 23.5 Å². The molecule has 2 atom stereocenters. The molecule has 2 unspecified atom stereocenters. The van der Waals surface area contributed by atoms with Gasteiger partial charge in [-0.1, -0.05) is 6.92 Å². The largest absolute Gasteiger partial charge is 0.462 e. The summed E-state index contributed by atoms with van der Waals surface area (Å²) in [5.41, 5.74) is 8.29. The van der Waals surface area contributed by atoms with Crippen molar-refractivity contribution in [2.24, 2.45) is 5.92 Å². The monoisotopic (exact) mass is 262 g/mol. The lowest BCUT2D eigenvalue weighted by Crippen LogP contribution is -2.27. The molecule has 1 saturated heterocycles. The van der Waals surface area contributed by atoms with Crippen LogP contribution in [0, 0.1) is 5.92 Å². The summed E-state index contributed by atoms with van der Waals surface area (Å²) in [6.45, 7) is 7.61. The molecule has 0 saturated carbocycles. The quantitative estimate of drug-likeness (QED) is 0.672. The van der Waals surface area contributed by atoms with Crippen LogP contribution in [0.2, 0.25) is 0 Å². The molecule has 0 radical (unpaired) electrons. The average Bonchev–Trinajstić information content (AvgIpc) is 2.69. The minimum absolute atomic E-state index is 0.288. The third-order valence-corrected chi connectivity index (χ3v) is 3.63. The second kappa shape index (κ2) is 5.51. The van der Waals surface area contributed by atoms with Crippen molar-refractivity contribution in [1.29, 1.82) is 0 Å². The zero-order chi connectivity index (χ0) is 14.0. The number of benzene rings is 1. The second-order valence-electron chi connectivity index (χ2n) is 5.34. The van der Waals surface area contributed by atoms with E-state index in [0.29, 0.717) is 29.8 Å². The molecule has 104 valence electrons. The Hall–Kier alpha value is -1.71. The molecule has 0 aliphatic carbocycles. The molecule has 19 heavy (non-hydrogen) atoms. The maximum Gasteiger partial charge on any atom is 0.338 e. The Labute approximate surface area is 114 Å². The molecule has 2 rings (SSSR count). The number of anilines is 2. The van der Waals surface area contributed by atoms with Crippen molar-refractivity contribution < 1.29 is 9.53 Å². The highest BCUT2D eigenvalue weighted by atomic mass is 16.5. The molecule has 1 aliphatic rings. The number of esters is 1. The van der Waals surface area contributed by atoms with Gasteiger partial charge >= 0.3 is 5.97 Å². The number of carbonyl (C=O) groups excluding carboxylic acids is 1. The minimum atomic E-state index is -0.288. The van der Waals surface area contributed by atoms with Crippen LogP contribution < -0.4 is 10.6 Å². The van der Waals surface area contributed by atoms with E-state index in [0.717, 1.165) is 18.7 Å². The van der Waals surface area contributed by atoms with E-state index in [2.05, 4.69) is 18.7 Å². The van der Waals surface area contributed by atoms with Gasteiger partial charge in [-0.3, -0.25) is 0 Å². The number of nitrogens with zero attached hydrogens (tertiary/aromatic N) is 1. The first-order valence-corrected chi connectivity index (χ1v) is 6.86. The lowest BCUT2D eigenvalue weighted by Gasteiger charge is -2.25. The zero-order valence-corrected chi connectivity index (χ0v) is 11.8. The van der Waals surface area contributed by atoms with Gasteiger partial charge in [0.1, 0.15) is 0 Å².